The molecule has 0 amide bonds. The summed E-state index contributed by atoms with van der Waals surface area (Å²) in [6, 6.07) is 7.81. The van der Waals surface area contributed by atoms with Crippen molar-refractivity contribution in [3.05, 3.63) is 36.1 Å². The number of phenolic OH excluding ortho intramolecular Hbond substituents is 1. The third-order valence-corrected chi connectivity index (χ3v) is 3.02. The lowest BCUT2D eigenvalue weighted by molar-refractivity contribution is 0.471. The Labute approximate surface area is 114 Å². The molecule has 2 N–H and O–H groups in total. The van der Waals surface area contributed by atoms with E-state index in [-0.39, 0.29) is 17.1 Å². The Kier molecular flexibility index (Phi) is 2.78. The molecule has 0 bridgehead atoms. The van der Waals surface area contributed by atoms with Crippen molar-refractivity contribution in [2.45, 2.75) is 0 Å². The highest BCUT2D eigenvalue weighted by atomic mass is 19.1. The second-order valence-electron chi connectivity index (χ2n) is 4.65. The van der Waals surface area contributed by atoms with Crippen molar-refractivity contribution in [2.75, 3.05) is 19.0 Å². The number of fused-ring (bicyclic) bond motifs is 1. The van der Waals surface area contributed by atoms with Gasteiger partial charge in [-0.1, -0.05) is 6.07 Å². The van der Waals surface area contributed by atoms with Crippen molar-refractivity contribution in [1.82, 2.24) is 15.0 Å². The van der Waals surface area contributed by atoms with E-state index in [1.54, 1.807) is 0 Å². The molecule has 0 aliphatic heterocycles. The SMILES string of the molecule is CN(C)c1ccc2[nH]c(-c3c(O)cccc3F)nc2n1. The van der Waals surface area contributed by atoms with Crippen molar-refractivity contribution in [1.29, 1.82) is 0 Å². The van der Waals surface area contributed by atoms with Gasteiger partial charge in [-0.05, 0) is 24.3 Å². The molecular weight excluding hydrogens is 259 g/mol. The molecule has 1 aromatic carbocycles. The van der Waals surface area contributed by atoms with E-state index in [0.717, 1.165) is 5.82 Å². The zero-order chi connectivity index (χ0) is 14.3. The van der Waals surface area contributed by atoms with Crippen LogP contribution in [0, 0.1) is 5.82 Å². The molecule has 5 nitrogen and oxygen atoms in total. The lowest BCUT2D eigenvalue weighted by Crippen LogP contribution is -2.10. The van der Waals surface area contributed by atoms with Crippen LogP contribution in [-0.4, -0.2) is 34.2 Å². The Balaban J connectivity index is 2.18. The molecule has 0 aliphatic carbocycles. The molecule has 0 fully saturated rings. The fourth-order valence-corrected chi connectivity index (χ4v) is 2.00. The first-order valence-electron chi connectivity index (χ1n) is 6.08. The fourth-order valence-electron chi connectivity index (χ4n) is 2.00. The minimum atomic E-state index is -0.531. The van der Waals surface area contributed by atoms with Gasteiger partial charge in [-0.3, -0.25) is 0 Å². The molecule has 2 aromatic heterocycles. The van der Waals surface area contributed by atoms with Gasteiger partial charge in [-0.25, -0.2) is 14.4 Å². The number of nitrogens with zero attached hydrogens (tertiary/aromatic N) is 3. The summed E-state index contributed by atoms with van der Waals surface area (Å²) in [5, 5.41) is 9.78. The van der Waals surface area contributed by atoms with Crippen LogP contribution >= 0.6 is 0 Å². The van der Waals surface area contributed by atoms with Crippen LogP contribution in [0.1, 0.15) is 0 Å². The quantitative estimate of drug-likeness (QED) is 0.752. The van der Waals surface area contributed by atoms with E-state index in [9.17, 15) is 9.50 Å². The summed E-state index contributed by atoms with van der Waals surface area (Å²) in [4.78, 5) is 13.4. The Morgan fingerprint density at radius 1 is 1.15 bits per heavy atom. The number of H-pyrrole nitrogens is 1. The molecule has 3 aromatic rings. The molecule has 0 radical (unpaired) electrons. The summed E-state index contributed by atoms with van der Waals surface area (Å²) < 4.78 is 13.8. The minimum absolute atomic E-state index is 0.0527. The number of aromatic amines is 1. The van der Waals surface area contributed by atoms with E-state index in [2.05, 4.69) is 15.0 Å². The number of halogens is 1. The summed E-state index contributed by atoms with van der Waals surface area (Å²) in [7, 11) is 3.76. The van der Waals surface area contributed by atoms with Crippen LogP contribution in [0.15, 0.2) is 30.3 Å². The third-order valence-electron chi connectivity index (χ3n) is 3.02. The Hall–Kier alpha value is -2.63. The van der Waals surface area contributed by atoms with Gasteiger partial charge in [0.1, 0.15) is 23.2 Å². The van der Waals surface area contributed by atoms with Crippen LogP contribution in [0.2, 0.25) is 0 Å². The molecule has 2 heterocycles. The maximum Gasteiger partial charge on any atom is 0.180 e. The maximum atomic E-state index is 13.8. The van der Waals surface area contributed by atoms with Crippen LogP contribution in [0.5, 0.6) is 5.75 Å². The van der Waals surface area contributed by atoms with Crippen LogP contribution in [-0.2, 0) is 0 Å². The van der Waals surface area contributed by atoms with Crippen LogP contribution in [0.25, 0.3) is 22.6 Å². The van der Waals surface area contributed by atoms with E-state index >= 15 is 0 Å². The zero-order valence-corrected chi connectivity index (χ0v) is 11.1. The molecule has 102 valence electrons. The van der Waals surface area contributed by atoms with Crippen molar-refractivity contribution in [3.63, 3.8) is 0 Å². The van der Waals surface area contributed by atoms with E-state index in [4.69, 9.17) is 0 Å². The van der Waals surface area contributed by atoms with Gasteiger partial charge in [0.15, 0.2) is 5.65 Å². The molecule has 0 saturated heterocycles. The number of aromatic nitrogens is 3. The van der Waals surface area contributed by atoms with Crippen LogP contribution in [0.3, 0.4) is 0 Å². The molecule has 0 atom stereocenters. The van der Waals surface area contributed by atoms with E-state index in [1.807, 2.05) is 31.1 Å². The molecule has 0 unspecified atom stereocenters. The second kappa shape index (κ2) is 4.48. The van der Waals surface area contributed by atoms with E-state index < -0.39 is 5.82 Å². The summed E-state index contributed by atoms with van der Waals surface area (Å²) in [5.74, 6) is 0.334. The average Bonchev–Trinajstić information content (AvgIpc) is 2.80. The predicted octanol–water partition coefficient (Wildman–Crippen LogP) is 2.54. The lowest BCUT2D eigenvalue weighted by Gasteiger charge is -2.09. The summed E-state index contributed by atoms with van der Waals surface area (Å²) >= 11 is 0. The minimum Gasteiger partial charge on any atom is -0.507 e. The highest BCUT2D eigenvalue weighted by molar-refractivity contribution is 5.79. The predicted molar refractivity (Wildman–Crippen MR) is 75.3 cm³/mol. The number of benzene rings is 1. The number of aromatic hydroxyl groups is 1. The Morgan fingerprint density at radius 3 is 2.65 bits per heavy atom. The first kappa shape index (κ1) is 12.4. The van der Waals surface area contributed by atoms with Crippen molar-refractivity contribution < 1.29 is 9.50 Å². The number of pyridine rings is 1. The Bertz CT molecular complexity index is 762. The van der Waals surface area contributed by atoms with E-state index in [1.165, 1.54) is 18.2 Å². The largest absolute Gasteiger partial charge is 0.507 e. The van der Waals surface area contributed by atoms with Gasteiger partial charge < -0.3 is 15.0 Å². The fraction of sp³-hybridized carbons (Fsp3) is 0.143. The Morgan fingerprint density at radius 2 is 1.95 bits per heavy atom. The molecule has 6 heteroatoms. The van der Waals surface area contributed by atoms with Gasteiger partial charge >= 0.3 is 0 Å². The van der Waals surface area contributed by atoms with Gasteiger partial charge in [0.05, 0.1) is 11.1 Å². The van der Waals surface area contributed by atoms with Gasteiger partial charge in [-0.2, -0.15) is 0 Å². The monoisotopic (exact) mass is 272 g/mol. The summed E-state index contributed by atoms with van der Waals surface area (Å²) in [6.45, 7) is 0. The molecule has 0 saturated carbocycles. The zero-order valence-electron chi connectivity index (χ0n) is 11.1. The number of phenols is 1. The number of anilines is 1. The van der Waals surface area contributed by atoms with Crippen LogP contribution in [0.4, 0.5) is 10.2 Å². The average molecular weight is 272 g/mol. The van der Waals surface area contributed by atoms with Gasteiger partial charge in [0.25, 0.3) is 0 Å². The summed E-state index contributed by atoms with van der Waals surface area (Å²) in [6.07, 6.45) is 0. The smallest absolute Gasteiger partial charge is 0.180 e. The highest BCUT2D eigenvalue weighted by Crippen LogP contribution is 2.30. The van der Waals surface area contributed by atoms with Crippen LogP contribution < -0.4 is 4.90 Å². The molecular formula is C14H13FN4O. The number of nitrogens with one attached hydrogen (secondary N) is 1. The standard InChI is InChI=1S/C14H13FN4O/c1-19(2)11-7-6-9-13(17-11)18-14(16-9)12-8(15)4-3-5-10(12)20/h3-7,20H,1-2H3,(H,16,17,18). The van der Waals surface area contributed by atoms with Gasteiger partial charge in [0, 0.05) is 14.1 Å². The van der Waals surface area contributed by atoms with Gasteiger partial charge in [0.2, 0.25) is 0 Å². The molecule has 20 heavy (non-hydrogen) atoms. The highest BCUT2D eigenvalue weighted by Gasteiger charge is 2.15. The first-order chi connectivity index (χ1) is 9.56. The number of hydrogen-bond donors (Lipinski definition) is 2. The van der Waals surface area contributed by atoms with Crippen molar-refractivity contribution in [3.8, 4) is 17.1 Å². The van der Waals surface area contributed by atoms with Gasteiger partial charge in [-0.15, -0.1) is 0 Å². The lowest BCUT2D eigenvalue weighted by atomic mass is 10.2. The molecule has 3 rings (SSSR count). The second-order valence-corrected chi connectivity index (χ2v) is 4.65. The van der Waals surface area contributed by atoms with E-state index in [0.29, 0.717) is 11.2 Å². The number of hydrogen-bond acceptors (Lipinski definition) is 4. The normalized spacial score (nSPS) is 10.9. The molecule has 0 aliphatic rings. The first-order valence-corrected chi connectivity index (χ1v) is 6.08. The topological polar surface area (TPSA) is 65.0 Å². The maximum absolute atomic E-state index is 13.8. The van der Waals surface area contributed by atoms with Crippen molar-refractivity contribution >= 4 is 17.0 Å². The molecule has 0 spiro atoms. The summed E-state index contributed by atoms with van der Waals surface area (Å²) in [5.41, 5.74) is 1.22. The number of imidazole rings is 1. The third kappa shape index (κ3) is 1.95. The van der Waals surface area contributed by atoms with Crippen molar-refractivity contribution in [2.24, 2.45) is 0 Å². The number of rotatable bonds is 2.